The van der Waals surface area contributed by atoms with Crippen molar-refractivity contribution in [3.63, 3.8) is 0 Å². The summed E-state index contributed by atoms with van der Waals surface area (Å²) in [6, 6.07) is 6.24. The maximum Gasteiger partial charge on any atom is 0.511 e. The van der Waals surface area contributed by atoms with Gasteiger partial charge in [-0.05, 0) is 42.9 Å². The van der Waals surface area contributed by atoms with Gasteiger partial charge in [-0.1, -0.05) is 12.1 Å². The van der Waals surface area contributed by atoms with Crippen LogP contribution in [0.15, 0.2) is 23.2 Å². The first-order valence-electron chi connectivity index (χ1n) is 9.98. The quantitative estimate of drug-likeness (QED) is 0.328. The Hall–Kier alpha value is -1.28. The number of alkyl halides is 3. The molecule has 31 heavy (non-hydrogen) atoms. The number of nitrogens with one attached hydrogen (secondary N) is 2. The van der Waals surface area contributed by atoms with Gasteiger partial charge >= 0.3 is 15.5 Å². The van der Waals surface area contributed by atoms with Gasteiger partial charge in [0.05, 0.1) is 0 Å². The second-order valence-electron chi connectivity index (χ2n) is 7.68. The largest absolute Gasteiger partial charge is 0.511 e. The molecule has 1 fully saturated rings. The maximum absolute atomic E-state index is 12.7. The van der Waals surface area contributed by atoms with E-state index in [4.69, 9.17) is 0 Å². The van der Waals surface area contributed by atoms with Gasteiger partial charge in [0.2, 0.25) is 0 Å². The molecule has 0 radical (unpaired) electrons. The Morgan fingerprint density at radius 3 is 2.52 bits per heavy atom. The highest BCUT2D eigenvalue weighted by atomic mass is 127. The van der Waals surface area contributed by atoms with Crippen LogP contribution in [0.2, 0.25) is 0 Å². The van der Waals surface area contributed by atoms with E-state index in [1.54, 1.807) is 7.05 Å². The molecule has 7 nitrogen and oxygen atoms in total. The van der Waals surface area contributed by atoms with Gasteiger partial charge in [-0.25, -0.2) is 8.42 Å². The first-order valence-corrected chi connectivity index (χ1v) is 11.4. The van der Waals surface area contributed by atoms with Gasteiger partial charge in [-0.15, -0.1) is 24.0 Å². The molecule has 2 N–H and O–H groups in total. The summed E-state index contributed by atoms with van der Waals surface area (Å²) in [6.45, 7) is 1.28. The number of hydrogen-bond acceptors (Lipinski definition) is 4. The Kier molecular flexibility index (Phi) is 8.85. The standard InChI is InChI=1S/C19H28F3N5O2S.HI/c1-23-18(24-13-14-5-6-17-15(12-14)4-3-9-26(17)2)25-16-7-10-27(11-8-16)30(28,29)19(20,21)22;/h5-6,12,16H,3-4,7-11,13H2,1-2H3,(H2,23,24,25);1H. The first kappa shape index (κ1) is 26.0. The number of nitrogens with zero attached hydrogens (tertiary/aromatic N) is 3. The van der Waals surface area contributed by atoms with E-state index >= 15 is 0 Å². The van der Waals surface area contributed by atoms with Crippen LogP contribution in [0.4, 0.5) is 18.9 Å². The zero-order chi connectivity index (χ0) is 21.9. The van der Waals surface area contributed by atoms with Crippen LogP contribution < -0.4 is 15.5 Å². The number of rotatable bonds is 4. The second kappa shape index (κ2) is 10.6. The van der Waals surface area contributed by atoms with Gasteiger partial charge in [0.25, 0.3) is 0 Å². The molecule has 0 spiro atoms. The third-order valence-electron chi connectivity index (χ3n) is 5.61. The second-order valence-corrected chi connectivity index (χ2v) is 9.61. The third kappa shape index (κ3) is 6.15. The van der Waals surface area contributed by atoms with E-state index in [-0.39, 0.29) is 55.9 Å². The van der Waals surface area contributed by atoms with Crippen LogP contribution in [0.5, 0.6) is 0 Å². The van der Waals surface area contributed by atoms with E-state index in [0.29, 0.717) is 16.8 Å². The highest BCUT2D eigenvalue weighted by molar-refractivity contribution is 14.0. The van der Waals surface area contributed by atoms with Gasteiger partial charge in [0, 0.05) is 52.0 Å². The summed E-state index contributed by atoms with van der Waals surface area (Å²) in [5.41, 5.74) is -1.55. The van der Waals surface area contributed by atoms with Gasteiger partial charge in [-0.3, -0.25) is 4.99 Å². The van der Waals surface area contributed by atoms with Crippen LogP contribution in [0.25, 0.3) is 0 Å². The average molecular weight is 575 g/mol. The number of piperidine rings is 1. The van der Waals surface area contributed by atoms with Crippen molar-refractivity contribution in [1.29, 1.82) is 0 Å². The molecule has 0 aliphatic carbocycles. The Labute approximate surface area is 198 Å². The number of guanidine groups is 1. The van der Waals surface area contributed by atoms with Crippen LogP contribution in [0, 0.1) is 0 Å². The number of fused-ring (bicyclic) bond motifs is 1. The van der Waals surface area contributed by atoms with Crippen molar-refractivity contribution < 1.29 is 21.6 Å². The normalized spacial score (nSPS) is 18.9. The Morgan fingerprint density at radius 1 is 1.23 bits per heavy atom. The summed E-state index contributed by atoms with van der Waals surface area (Å²) in [5, 5.41) is 6.41. The summed E-state index contributed by atoms with van der Waals surface area (Å²) in [6.07, 6.45) is 2.74. The lowest BCUT2D eigenvalue weighted by atomic mass is 9.99. The fraction of sp³-hybridized carbons (Fsp3) is 0.632. The summed E-state index contributed by atoms with van der Waals surface area (Å²) in [4.78, 5) is 6.43. The third-order valence-corrected chi connectivity index (χ3v) is 7.24. The minimum atomic E-state index is -5.26. The van der Waals surface area contributed by atoms with Crippen molar-refractivity contribution in [3.8, 4) is 0 Å². The van der Waals surface area contributed by atoms with E-state index in [0.717, 1.165) is 24.9 Å². The van der Waals surface area contributed by atoms with Crippen molar-refractivity contribution in [2.75, 3.05) is 38.6 Å². The van der Waals surface area contributed by atoms with E-state index in [2.05, 4.69) is 45.8 Å². The fourth-order valence-electron chi connectivity index (χ4n) is 3.91. The average Bonchev–Trinajstić information content (AvgIpc) is 2.70. The lowest BCUT2D eigenvalue weighted by molar-refractivity contribution is -0.0494. The molecule has 0 aromatic heterocycles. The SMILES string of the molecule is CN=C(NCc1ccc2c(c1)CCCN2C)NC1CCN(S(=O)(=O)C(F)(F)F)CC1.I. The number of benzene rings is 1. The smallest absolute Gasteiger partial charge is 0.374 e. The summed E-state index contributed by atoms with van der Waals surface area (Å²) < 4.78 is 61.6. The van der Waals surface area contributed by atoms with E-state index in [1.807, 2.05) is 0 Å². The zero-order valence-corrected chi connectivity index (χ0v) is 20.7. The Balaban J connectivity index is 0.00000341. The summed E-state index contributed by atoms with van der Waals surface area (Å²) in [5.74, 6) is 0.543. The topological polar surface area (TPSA) is 77.0 Å². The molecule has 1 aromatic rings. The number of anilines is 1. The molecule has 0 saturated carbocycles. The molecule has 176 valence electrons. The molecule has 1 saturated heterocycles. The molecular formula is C19H29F3IN5O2S. The minimum Gasteiger partial charge on any atom is -0.374 e. The molecule has 2 aliphatic rings. The summed E-state index contributed by atoms with van der Waals surface area (Å²) in [7, 11) is -1.54. The molecule has 0 amide bonds. The first-order chi connectivity index (χ1) is 14.1. The van der Waals surface area contributed by atoms with Crippen LogP contribution in [-0.4, -0.2) is 64.0 Å². The van der Waals surface area contributed by atoms with Gasteiger partial charge in [-0.2, -0.15) is 17.5 Å². The lowest BCUT2D eigenvalue weighted by Gasteiger charge is -2.32. The van der Waals surface area contributed by atoms with Gasteiger partial charge in [0.1, 0.15) is 0 Å². The van der Waals surface area contributed by atoms with Crippen molar-refractivity contribution in [1.82, 2.24) is 14.9 Å². The van der Waals surface area contributed by atoms with E-state index in [1.165, 1.54) is 11.3 Å². The minimum absolute atomic E-state index is 0. The van der Waals surface area contributed by atoms with Crippen LogP contribution in [-0.2, 0) is 23.0 Å². The predicted octanol–water partition coefficient (Wildman–Crippen LogP) is 2.67. The molecule has 0 unspecified atom stereocenters. The fourth-order valence-corrected chi connectivity index (χ4v) is 4.89. The zero-order valence-electron chi connectivity index (χ0n) is 17.6. The molecule has 3 rings (SSSR count). The number of aliphatic imine (C=N–C) groups is 1. The van der Waals surface area contributed by atoms with Crippen LogP contribution >= 0.6 is 24.0 Å². The molecule has 12 heteroatoms. The highest BCUT2D eigenvalue weighted by Crippen LogP contribution is 2.29. The van der Waals surface area contributed by atoms with Crippen LogP contribution in [0.1, 0.15) is 30.4 Å². The number of halogens is 4. The molecule has 0 atom stereocenters. The molecule has 2 aliphatic heterocycles. The predicted molar refractivity (Wildman–Crippen MR) is 126 cm³/mol. The maximum atomic E-state index is 12.7. The number of hydrogen-bond donors (Lipinski definition) is 2. The van der Waals surface area contributed by atoms with Crippen molar-refractivity contribution in [2.45, 2.75) is 43.8 Å². The van der Waals surface area contributed by atoms with Gasteiger partial charge < -0.3 is 15.5 Å². The van der Waals surface area contributed by atoms with Gasteiger partial charge in [0.15, 0.2) is 5.96 Å². The van der Waals surface area contributed by atoms with E-state index < -0.39 is 15.5 Å². The van der Waals surface area contributed by atoms with Crippen molar-refractivity contribution >= 4 is 45.6 Å². The lowest BCUT2D eigenvalue weighted by Crippen LogP contribution is -2.51. The number of aryl methyl sites for hydroxylation is 1. The van der Waals surface area contributed by atoms with E-state index in [9.17, 15) is 21.6 Å². The Bertz CT molecular complexity index is 887. The Morgan fingerprint density at radius 2 is 1.90 bits per heavy atom. The van der Waals surface area contributed by atoms with Crippen molar-refractivity contribution in [2.24, 2.45) is 4.99 Å². The molecular weight excluding hydrogens is 546 g/mol. The summed E-state index contributed by atoms with van der Waals surface area (Å²) >= 11 is 0. The molecule has 1 aromatic carbocycles. The molecule has 0 bridgehead atoms. The molecule has 2 heterocycles. The van der Waals surface area contributed by atoms with Crippen LogP contribution in [0.3, 0.4) is 0 Å². The monoisotopic (exact) mass is 575 g/mol. The number of sulfonamides is 1. The van der Waals surface area contributed by atoms with Crippen molar-refractivity contribution in [3.05, 3.63) is 29.3 Å². The highest BCUT2D eigenvalue weighted by Gasteiger charge is 2.50.